The van der Waals surface area contributed by atoms with E-state index in [0.29, 0.717) is 16.8 Å². The minimum atomic E-state index is -0.151. The van der Waals surface area contributed by atoms with Gasteiger partial charge < -0.3 is 5.11 Å². The lowest BCUT2D eigenvalue weighted by Crippen LogP contribution is -2.23. The molecule has 0 aliphatic heterocycles. The Balaban J connectivity index is 1.86. The van der Waals surface area contributed by atoms with E-state index in [9.17, 15) is 9.90 Å². The van der Waals surface area contributed by atoms with E-state index in [1.165, 1.54) is 16.4 Å². The number of fused-ring (bicyclic) bond motifs is 1. The molecule has 0 saturated carbocycles. The van der Waals surface area contributed by atoms with Crippen molar-refractivity contribution in [3.05, 3.63) is 58.9 Å². The molecular formula is C14H11N3O2S. The van der Waals surface area contributed by atoms with Gasteiger partial charge in [-0.05, 0) is 36.4 Å². The molecule has 1 heterocycles. The molecule has 3 rings (SSSR count). The van der Waals surface area contributed by atoms with Gasteiger partial charge in [0.2, 0.25) is 0 Å². The molecule has 1 N–H and O–H groups in total. The fourth-order valence-electron chi connectivity index (χ4n) is 1.79. The van der Waals surface area contributed by atoms with Gasteiger partial charge in [-0.25, -0.2) is 4.68 Å². The summed E-state index contributed by atoms with van der Waals surface area (Å²) >= 11 is 1.45. The lowest BCUT2D eigenvalue weighted by atomic mass is 10.2. The van der Waals surface area contributed by atoms with Gasteiger partial charge in [-0.15, -0.1) is 16.9 Å². The van der Waals surface area contributed by atoms with Crippen LogP contribution in [0.1, 0.15) is 0 Å². The number of aromatic hydroxyl groups is 1. The van der Waals surface area contributed by atoms with Gasteiger partial charge in [-0.1, -0.05) is 17.3 Å². The first kappa shape index (κ1) is 12.7. The molecule has 0 amide bonds. The van der Waals surface area contributed by atoms with Crippen molar-refractivity contribution in [1.29, 1.82) is 0 Å². The van der Waals surface area contributed by atoms with Gasteiger partial charge in [0.05, 0.1) is 11.3 Å². The molecule has 0 spiro atoms. The smallest absolute Gasteiger partial charge is 0.278 e. The Morgan fingerprint density at radius 3 is 2.65 bits per heavy atom. The van der Waals surface area contributed by atoms with Gasteiger partial charge in [0.1, 0.15) is 11.3 Å². The number of thioether (sulfide) groups is 1. The highest BCUT2D eigenvalue weighted by Gasteiger charge is 2.05. The molecule has 0 aliphatic carbocycles. The van der Waals surface area contributed by atoms with Crippen LogP contribution in [-0.4, -0.2) is 20.1 Å². The van der Waals surface area contributed by atoms with Crippen LogP contribution in [0.15, 0.2) is 58.2 Å². The number of hydrogen-bond acceptors (Lipinski definition) is 5. The van der Waals surface area contributed by atoms with Gasteiger partial charge in [0, 0.05) is 4.90 Å². The predicted molar refractivity (Wildman–Crippen MR) is 77.8 cm³/mol. The van der Waals surface area contributed by atoms with Crippen LogP contribution in [0.4, 0.5) is 0 Å². The van der Waals surface area contributed by atoms with Gasteiger partial charge in [0.25, 0.3) is 5.56 Å². The number of phenolic OH excluding ortho intramolecular Hbond substituents is 1. The standard InChI is InChI=1S/C14H11N3O2S/c18-10-5-7-11(8-6-10)20-9-17-14(19)12-3-1-2-4-13(12)15-16-17/h1-8,18H,9H2. The van der Waals surface area contributed by atoms with Crippen molar-refractivity contribution in [2.75, 3.05) is 0 Å². The molecule has 20 heavy (non-hydrogen) atoms. The van der Waals surface area contributed by atoms with E-state index >= 15 is 0 Å². The van der Waals surface area contributed by atoms with Crippen molar-refractivity contribution in [3.63, 3.8) is 0 Å². The summed E-state index contributed by atoms with van der Waals surface area (Å²) in [5.41, 5.74) is 0.449. The maximum atomic E-state index is 12.2. The van der Waals surface area contributed by atoms with Crippen molar-refractivity contribution in [2.45, 2.75) is 10.8 Å². The summed E-state index contributed by atoms with van der Waals surface area (Å²) in [6, 6.07) is 13.9. The number of aromatic nitrogens is 3. The van der Waals surface area contributed by atoms with E-state index in [0.717, 1.165) is 4.90 Å². The average Bonchev–Trinajstić information content (AvgIpc) is 2.49. The zero-order chi connectivity index (χ0) is 13.9. The highest BCUT2D eigenvalue weighted by molar-refractivity contribution is 7.98. The van der Waals surface area contributed by atoms with Crippen molar-refractivity contribution >= 4 is 22.7 Å². The second-order valence-electron chi connectivity index (χ2n) is 4.18. The van der Waals surface area contributed by atoms with E-state index in [1.807, 2.05) is 12.1 Å². The summed E-state index contributed by atoms with van der Waals surface area (Å²) in [7, 11) is 0. The fourth-order valence-corrected chi connectivity index (χ4v) is 2.55. The van der Waals surface area contributed by atoms with E-state index in [4.69, 9.17) is 0 Å². The molecule has 0 bridgehead atoms. The number of phenols is 1. The third kappa shape index (κ3) is 2.50. The first-order valence-electron chi connectivity index (χ1n) is 5.98. The molecule has 0 radical (unpaired) electrons. The molecule has 100 valence electrons. The maximum absolute atomic E-state index is 12.2. The fraction of sp³-hybridized carbons (Fsp3) is 0.0714. The minimum absolute atomic E-state index is 0.151. The summed E-state index contributed by atoms with van der Waals surface area (Å²) in [6.07, 6.45) is 0. The maximum Gasteiger partial charge on any atom is 0.278 e. The summed E-state index contributed by atoms with van der Waals surface area (Å²) in [6.45, 7) is 0. The first-order chi connectivity index (χ1) is 9.74. The molecule has 0 saturated heterocycles. The lowest BCUT2D eigenvalue weighted by Gasteiger charge is -2.04. The molecule has 3 aromatic rings. The molecule has 2 aromatic carbocycles. The average molecular weight is 285 g/mol. The Morgan fingerprint density at radius 1 is 1.10 bits per heavy atom. The molecule has 5 nitrogen and oxygen atoms in total. The van der Waals surface area contributed by atoms with E-state index in [2.05, 4.69) is 10.3 Å². The van der Waals surface area contributed by atoms with Gasteiger partial charge in [0.15, 0.2) is 0 Å². The summed E-state index contributed by atoms with van der Waals surface area (Å²) < 4.78 is 1.33. The minimum Gasteiger partial charge on any atom is -0.508 e. The van der Waals surface area contributed by atoms with Gasteiger partial charge >= 0.3 is 0 Å². The molecule has 6 heteroatoms. The summed E-state index contributed by atoms with van der Waals surface area (Å²) in [5.74, 6) is 0.596. The number of nitrogens with zero attached hydrogens (tertiary/aromatic N) is 3. The third-order valence-electron chi connectivity index (χ3n) is 2.82. The lowest BCUT2D eigenvalue weighted by molar-refractivity contribution is 0.475. The Morgan fingerprint density at radius 2 is 1.85 bits per heavy atom. The van der Waals surface area contributed by atoms with Crippen molar-refractivity contribution in [3.8, 4) is 5.75 Å². The van der Waals surface area contributed by atoms with E-state index in [1.54, 1.807) is 36.4 Å². The van der Waals surface area contributed by atoms with Crippen LogP contribution in [0.25, 0.3) is 10.9 Å². The van der Waals surface area contributed by atoms with Crippen molar-refractivity contribution in [1.82, 2.24) is 15.0 Å². The van der Waals surface area contributed by atoms with Crippen LogP contribution >= 0.6 is 11.8 Å². The van der Waals surface area contributed by atoms with Crippen LogP contribution in [0, 0.1) is 0 Å². The van der Waals surface area contributed by atoms with Crippen LogP contribution < -0.4 is 5.56 Å². The molecule has 0 atom stereocenters. The van der Waals surface area contributed by atoms with E-state index < -0.39 is 0 Å². The van der Waals surface area contributed by atoms with Gasteiger partial charge in [-0.3, -0.25) is 4.79 Å². The molecule has 0 fully saturated rings. The second-order valence-corrected chi connectivity index (χ2v) is 5.20. The SMILES string of the molecule is O=c1c2ccccc2nnn1CSc1ccc(O)cc1. The number of benzene rings is 2. The van der Waals surface area contributed by atoms with Crippen LogP contribution in [-0.2, 0) is 5.88 Å². The highest BCUT2D eigenvalue weighted by atomic mass is 32.2. The Labute approximate surface area is 118 Å². The molecule has 0 aliphatic rings. The second kappa shape index (κ2) is 5.34. The molecular weight excluding hydrogens is 274 g/mol. The van der Waals surface area contributed by atoms with Crippen LogP contribution in [0.5, 0.6) is 5.75 Å². The largest absolute Gasteiger partial charge is 0.508 e. The van der Waals surface area contributed by atoms with E-state index in [-0.39, 0.29) is 11.3 Å². The topological polar surface area (TPSA) is 68.0 Å². The Hall–Kier alpha value is -2.34. The van der Waals surface area contributed by atoms with Gasteiger partial charge in [-0.2, -0.15) is 0 Å². The highest BCUT2D eigenvalue weighted by Crippen LogP contribution is 2.21. The zero-order valence-electron chi connectivity index (χ0n) is 10.4. The monoisotopic (exact) mass is 285 g/mol. The van der Waals surface area contributed by atoms with Crippen LogP contribution in [0.3, 0.4) is 0 Å². The summed E-state index contributed by atoms with van der Waals surface area (Å²) in [5, 5.41) is 17.7. The Bertz CT molecular complexity index is 799. The quantitative estimate of drug-likeness (QED) is 0.747. The van der Waals surface area contributed by atoms with Crippen molar-refractivity contribution < 1.29 is 5.11 Å². The van der Waals surface area contributed by atoms with Crippen molar-refractivity contribution in [2.24, 2.45) is 0 Å². The first-order valence-corrected chi connectivity index (χ1v) is 6.97. The molecule has 1 aromatic heterocycles. The predicted octanol–water partition coefficient (Wildman–Crippen LogP) is 2.25. The normalized spacial score (nSPS) is 10.8. The molecule has 0 unspecified atom stereocenters. The van der Waals surface area contributed by atoms with Crippen LogP contribution in [0.2, 0.25) is 0 Å². The number of hydrogen-bond donors (Lipinski definition) is 1. The third-order valence-corrected chi connectivity index (χ3v) is 3.80. The summed E-state index contributed by atoms with van der Waals surface area (Å²) in [4.78, 5) is 13.2. The Kier molecular flexibility index (Phi) is 3.39. The number of rotatable bonds is 3. The zero-order valence-corrected chi connectivity index (χ0v) is 11.2.